The molecule has 0 saturated carbocycles. The predicted octanol–water partition coefficient (Wildman–Crippen LogP) is 5.23. The Bertz CT molecular complexity index is 482. The maximum atomic E-state index is 5.64. The Morgan fingerprint density at radius 1 is 1.14 bits per heavy atom. The molecule has 0 aliphatic rings. The lowest BCUT2D eigenvalue weighted by Gasteiger charge is -2.15. The smallest absolute Gasteiger partial charge is 0.119 e. The highest BCUT2D eigenvalue weighted by Gasteiger charge is 2.06. The largest absolute Gasteiger partial charge is 0.491 e. The van der Waals surface area contributed by atoms with Crippen LogP contribution in [0.25, 0.3) is 0 Å². The van der Waals surface area contributed by atoms with Gasteiger partial charge in [0.2, 0.25) is 0 Å². The first-order chi connectivity index (χ1) is 10.1. The summed E-state index contributed by atoms with van der Waals surface area (Å²) in [6.07, 6.45) is 0.217. The normalized spacial score (nSPS) is 11.7. The van der Waals surface area contributed by atoms with Gasteiger partial charge in [-0.3, -0.25) is 0 Å². The molecule has 0 aliphatic heterocycles. The van der Waals surface area contributed by atoms with Crippen LogP contribution in [0.1, 0.15) is 43.9 Å². The van der Waals surface area contributed by atoms with Gasteiger partial charge in [-0.15, -0.1) is 20.6 Å². The third kappa shape index (κ3) is 6.60. The van der Waals surface area contributed by atoms with Gasteiger partial charge in [-0.1, -0.05) is 32.0 Å². The molecule has 0 bridgehead atoms. The Balaban J connectivity index is 0.00000106. The van der Waals surface area contributed by atoms with Crippen LogP contribution in [-0.4, -0.2) is 6.10 Å². The van der Waals surface area contributed by atoms with E-state index >= 15 is 0 Å². The summed E-state index contributed by atoms with van der Waals surface area (Å²) in [6, 6.07) is 12.5. The Morgan fingerprint density at radius 2 is 1.81 bits per heavy atom. The molecule has 2 rings (SSSR count). The lowest BCUT2D eigenvalue weighted by Crippen LogP contribution is -2.15. The molecule has 2 unspecified atom stereocenters. The second kappa shape index (κ2) is 9.94. The fourth-order valence-electron chi connectivity index (χ4n) is 1.77. The van der Waals surface area contributed by atoms with E-state index in [-0.39, 0.29) is 11.9 Å². The molecule has 0 fully saturated rings. The number of nitrogens with one attached hydrogen (secondary N) is 1. The van der Waals surface area contributed by atoms with Crippen LogP contribution in [0, 0.1) is 0 Å². The topological polar surface area (TPSA) is 21.3 Å². The van der Waals surface area contributed by atoms with Gasteiger partial charge in [-0.25, -0.2) is 0 Å². The van der Waals surface area contributed by atoms with E-state index in [0.29, 0.717) is 0 Å². The van der Waals surface area contributed by atoms with Gasteiger partial charge >= 0.3 is 0 Å². The summed E-state index contributed by atoms with van der Waals surface area (Å²) in [6.45, 7) is 8.97. The minimum atomic E-state index is 0.217. The van der Waals surface area contributed by atoms with Gasteiger partial charge < -0.3 is 10.1 Å². The highest BCUT2D eigenvalue weighted by molar-refractivity contribution is 7.17. The Hall–Kier alpha value is -0.890. The molecule has 21 heavy (non-hydrogen) atoms. The number of thiophene rings is 1. The molecular formula is C17H26NOPS. The molecule has 4 heteroatoms. The number of hydrogen-bond donors (Lipinski definition) is 1. The van der Waals surface area contributed by atoms with E-state index in [4.69, 9.17) is 4.74 Å². The first kappa shape index (κ1) is 18.2. The van der Waals surface area contributed by atoms with E-state index in [1.165, 1.54) is 10.4 Å². The first-order valence-corrected chi connectivity index (χ1v) is 8.98. The van der Waals surface area contributed by atoms with E-state index in [1.807, 2.05) is 39.8 Å². The average molecular weight is 323 g/mol. The SMILES string of the molecule is CC.CC(C)Oc1ccc(C(P)NCc2cccs2)cc1. The molecule has 0 spiro atoms. The van der Waals surface area contributed by atoms with Crippen molar-refractivity contribution in [2.45, 2.75) is 46.1 Å². The van der Waals surface area contributed by atoms with Crippen molar-refractivity contribution in [2.24, 2.45) is 0 Å². The molecule has 1 aromatic heterocycles. The van der Waals surface area contributed by atoms with Crippen LogP contribution in [0.5, 0.6) is 5.75 Å². The molecule has 1 heterocycles. The molecule has 0 saturated heterocycles. The lowest BCUT2D eigenvalue weighted by molar-refractivity contribution is 0.242. The summed E-state index contributed by atoms with van der Waals surface area (Å²) in [5.74, 6) is 1.18. The zero-order chi connectivity index (χ0) is 15.7. The summed E-state index contributed by atoms with van der Waals surface area (Å²) < 4.78 is 5.64. The van der Waals surface area contributed by atoms with Gasteiger partial charge in [0.25, 0.3) is 0 Å². The number of hydrogen-bond acceptors (Lipinski definition) is 3. The average Bonchev–Trinajstić information content (AvgIpc) is 3.00. The molecule has 2 atom stereocenters. The first-order valence-electron chi connectivity index (χ1n) is 7.43. The zero-order valence-corrected chi connectivity index (χ0v) is 15.3. The molecule has 1 N–H and O–H groups in total. The van der Waals surface area contributed by atoms with E-state index < -0.39 is 0 Å². The van der Waals surface area contributed by atoms with Crippen LogP contribution in [0.15, 0.2) is 41.8 Å². The Morgan fingerprint density at radius 3 is 2.33 bits per heavy atom. The zero-order valence-electron chi connectivity index (χ0n) is 13.3. The highest BCUT2D eigenvalue weighted by atomic mass is 32.1. The number of ether oxygens (including phenoxy) is 1. The minimum absolute atomic E-state index is 0.217. The third-order valence-corrected chi connectivity index (χ3v) is 4.18. The van der Waals surface area contributed by atoms with E-state index in [9.17, 15) is 0 Å². The number of benzene rings is 1. The standard InChI is InChI=1S/C15H20NOPS.C2H6/c1-11(2)17-13-7-5-12(6-8-13)15(18)16-10-14-4-3-9-19-14;1-2/h3-9,11,15-16H,10,18H2,1-2H3;1-2H3. The van der Waals surface area contributed by atoms with Gasteiger partial charge in [0.05, 0.1) is 6.10 Å². The van der Waals surface area contributed by atoms with Crippen molar-refractivity contribution in [3.63, 3.8) is 0 Å². The second-order valence-corrected chi connectivity index (χ2v) is 6.37. The molecule has 2 nitrogen and oxygen atoms in total. The van der Waals surface area contributed by atoms with Gasteiger partial charge in [-0.2, -0.15) is 0 Å². The number of rotatable bonds is 6. The monoisotopic (exact) mass is 323 g/mol. The molecule has 0 aliphatic carbocycles. The van der Waals surface area contributed by atoms with E-state index in [2.05, 4.69) is 44.2 Å². The van der Waals surface area contributed by atoms with Crippen LogP contribution in [0.3, 0.4) is 0 Å². The van der Waals surface area contributed by atoms with Crippen LogP contribution in [0.2, 0.25) is 0 Å². The van der Waals surface area contributed by atoms with Crippen LogP contribution < -0.4 is 10.1 Å². The van der Waals surface area contributed by atoms with Crippen molar-refractivity contribution >= 4 is 20.6 Å². The van der Waals surface area contributed by atoms with Crippen molar-refractivity contribution in [1.82, 2.24) is 5.32 Å². The van der Waals surface area contributed by atoms with E-state index in [1.54, 1.807) is 11.3 Å². The van der Waals surface area contributed by atoms with Crippen molar-refractivity contribution < 1.29 is 4.74 Å². The maximum absolute atomic E-state index is 5.64. The van der Waals surface area contributed by atoms with Gasteiger partial charge in [0, 0.05) is 17.2 Å². The summed E-state index contributed by atoms with van der Waals surface area (Å²) in [7, 11) is 2.84. The highest BCUT2D eigenvalue weighted by Crippen LogP contribution is 2.24. The van der Waals surface area contributed by atoms with Crippen LogP contribution in [-0.2, 0) is 6.54 Å². The molecule has 1 aromatic carbocycles. The summed E-state index contributed by atoms with van der Waals surface area (Å²) >= 11 is 1.78. The Kier molecular flexibility index (Phi) is 8.60. The minimum Gasteiger partial charge on any atom is -0.491 e. The van der Waals surface area contributed by atoms with Crippen molar-refractivity contribution in [3.05, 3.63) is 52.2 Å². The molecule has 0 amide bonds. The quantitative estimate of drug-likeness (QED) is 0.735. The van der Waals surface area contributed by atoms with E-state index in [0.717, 1.165) is 12.3 Å². The van der Waals surface area contributed by atoms with Gasteiger partial charge in [0.15, 0.2) is 0 Å². The molecule has 0 radical (unpaired) electrons. The van der Waals surface area contributed by atoms with Crippen LogP contribution in [0.4, 0.5) is 0 Å². The fourth-order valence-corrected chi connectivity index (χ4v) is 2.76. The molecule has 116 valence electrons. The molecular weight excluding hydrogens is 297 g/mol. The second-order valence-electron chi connectivity index (χ2n) is 4.67. The fraction of sp³-hybridized carbons (Fsp3) is 0.412. The predicted molar refractivity (Wildman–Crippen MR) is 97.2 cm³/mol. The molecule has 2 aromatic rings. The Labute approximate surface area is 135 Å². The van der Waals surface area contributed by atoms with Crippen molar-refractivity contribution in [3.8, 4) is 5.75 Å². The maximum Gasteiger partial charge on any atom is 0.119 e. The van der Waals surface area contributed by atoms with Crippen molar-refractivity contribution in [2.75, 3.05) is 0 Å². The van der Waals surface area contributed by atoms with Crippen molar-refractivity contribution in [1.29, 1.82) is 0 Å². The van der Waals surface area contributed by atoms with Gasteiger partial charge in [-0.05, 0) is 43.0 Å². The third-order valence-electron chi connectivity index (χ3n) is 2.69. The summed E-state index contributed by atoms with van der Waals surface area (Å²) in [5, 5.41) is 5.60. The summed E-state index contributed by atoms with van der Waals surface area (Å²) in [4.78, 5) is 1.35. The van der Waals surface area contributed by atoms with Crippen LogP contribution >= 0.6 is 20.6 Å². The lowest BCUT2D eigenvalue weighted by atomic mass is 10.2. The van der Waals surface area contributed by atoms with Gasteiger partial charge in [0.1, 0.15) is 5.75 Å². The summed E-state index contributed by atoms with van der Waals surface area (Å²) in [5.41, 5.74) is 1.25.